The minimum atomic E-state index is -0.305. The Labute approximate surface area is 143 Å². The van der Waals surface area contributed by atoms with Crippen LogP contribution in [0.5, 0.6) is 0 Å². The summed E-state index contributed by atoms with van der Waals surface area (Å²) in [5.74, 6) is 1.21. The SMILES string of the molecule is [C-]#[N+]c1cn(C)c(-c2ccc(CB3OC(C)(C)C(C)(C)O3)cc2)n1. The van der Waals surface area contributed by atoms with Crippen molar-refractivity contribution in [2.75, 3.05) is 0 Å². The van der Waals surface area contributed by atoms with Crippen LogP contribution in [0.2, 0.25) is 0 Å². The predicted octanol–water partition coefficient (Wildman–Crippen LogP) is 3.81. The van der Waals surface area contributed by atoms with Gasteiger partial charge in [0, 0.05) is 25.1 Å². The molecular formula is C18H22BN3O2. The van der Waals surface area contributed by atoms with Crippen molar-refractivity contribution >= 4 is 12.9 Å². The van der Waals surface area contributed by atoms with Crippen LogP contribution >= 0.6 is 0 Å². The molecule has 124 valence electrons. The first-order chi connectivity index (χ1) is 11.2. The van der Waals surface area contributed by atoms with Gasteiger partial charge in [0.25, 0.3) is 5.82 Å². The number of hydrogen-bond acceptors (Lipinski definition) is 3. The maximum atomic E-state index is 7.06. The van der Waals surface area contributed by atoms with Crippen molar-refractivity contribution in [3.05, 3.63) is 47.4 Å². The van der Waals surface area contributed by atoms with Crippen molar-refractivity contribution in [1.82, 2.24) is 9.55 Å². The third-order valence-electron chi connectivity index (χ3n) is 4.89. The smallest absolute Gasteiger partial charge is 0.403 e. The number of nitrogens with zero attached hydrogens (tertiary/aromatic N) is 3. The number of aryl methyl sites for hydroxylation is 1. The van der Waals surface area contributed by atoms with E-state index in [9.17, 15) is 0 Å². The minimum absolute atomic E-state index is 0.234. The van der Waals surface area contributed by atoms with E-state index in [1.54, 1.807) is 6.20 Å². The molecule has 6 heteroatoms. The van der Waals surface area contributed by atoms with Gasteiger partial charge in [-0.2, -0.15) is 0 Å². The van der Waals surface area contributed by atoms with Crippen LogP contribution in [0.25, 0.3) is 16.2 Å². The molecule has 1 aliphatic rings. The number of hydrogen-bond donors (Lipinski definition) is 0. The lowest BCUT2D eigenvalue weighted by atomic mass is 9.80. The molecule has 24 heavy (non-hydrogen) atoms. The number of benzene rings is 1. The lowest BCUT2D eigenvalue weighted by Crippen LogP contribution is -2.41. The molecule has 0 amide bonds. The first kappa shape index (κ1) is 16.8. The van der Waals surface area contributed by atoms with E-state index in [-0.39, 0.29) is 18.3 Å². The normalized spacial score (nSPS) is 18.6. The van der Waals surface area contributed by atoms with Gasteiger partial charge in [-0.3, -0.25) is 0 Å². The Bertz CT molecular complexity index is 772. The number of aromatic nitrogens is 2. The molecule has 0 N–H and O–H groups in total. The highest BCUT2D eigenvalue weighted by molar-refractivity contribution is 6.45. The highest BCUT2D eigenvalue weighted by Gasteiger charge is 2.50. The Morgan fingerprint density at radius 2 is 1.71 bits per heavy atom. The zero-order valence-corrected chi connectivity index (χ0v) is 14.8. The molecule has 5 nitrogen and oxygen atoms in total. The van der Waals surface area contributed by atoms with E-state index in [0.29, 0.717) is 12.1 Å². The van der Waals surface area contributed by atoms with E-state index < -0.39 is 0 Å². The van der Waals surface area contributed by atoms with Gasteiger partial charge in [-0.15, -0.1) is 4.98 Å². The summed E-state index contributed by atoms with van der Waals surface area (Å²) >= 11 is 0. The third kappa shape index (κ3) is 2.97. The first-order valence-corrected chi connectivity index (χ1v) is 8.07. The zero-order valence-electron chi connectivity index (χ0n) is 14.8. The summed E-state index contributed by atoms with van der Waals surface area (Å²) < 4.78 is 14.0. The van der Waals surface area contributed by atoms with Crippen LogP contribution in [0.15, 0.2) is 30.5 Å². The molecule has 1 fully saturated rings. The average molecular weight is 323 g/mol. The molecule has 0 aliphatic carbocycles. The molecule has 0 bridgehead atoms. The fraction of sp³-hybridized carbons (Fsp3) is 0.444. The van der Waals surface area contributed by atoms with Crippen molar-refractivity contribution in [1.29, 1.82) is 0 Å². The molecular weight excluding hydrogens is 301 g/mol. The molecule has 2 aromatic rings. The third-order valence-corrected chi connectivity index (χ3v) is 4.89. The van der Waals surface area contributed by atoms with Crippen LogP contribution in [0.1, 0.15) is 33.3 Å². The van der Waals surface area contributed by atoms with E-state index >= 15 is 0 Å². The van der Waals surface area contributed by atoms with Gasteiger partial charge in [0.2, 0.25) is 5.82 Å². The van der Waals surface area contributed by atoms with Crippen molar-refractivity contribution in [3.63, 3.8) is 0 Å². The van der Waals surface area contributed by atoms with E-state index in [1.807, 2.05) is 23.7 Å². The minimum Gasteiger partial charge on any atom is -0.403 e. The molecule has 0 radical (unpaired) electrons. The maximum Gasteiger partial charge on any atom is 0.462 e. The Kier molecular flexibility index (Phi) is 4.02. The number of rotatable bonds is 3. The summed E-state index contributed by atoms with van der Waals surface area (Å²) in [6.07, 6.45) is 2.45. The van der Waals surface area contributed by atoms with Crippen molar-refractivity contribution < 1.29 is 9.31 Å². The van der Waals surface area contributed by atoms with Gasteiger partial charge in [0.1, 0.15) is 0 Å². The second kappa shape index (κ2) is 5.76. The fourth-order valence-corrected chi connectivity index (χ4v) is 2.80. The van der Waals surface area contributed by atoms with Gasteiger partial charge in [-0.05, 0) is 45.4 Å². The Morgan fingerprint density at radius 1 is 1.12 bits per heavy atom. The van der Waals surface area contributed by atoms with Crippen LogP contribution in [0.4, 0.5) is 5.82 Å². The summed E-state index contributed by atoms with van der Waals surface area (Å²) in [5.41, 5.74) is 1.53. The predicted molar refractivity (Wildman–Crippen MR) is 94.7 cm³/mol. The molecule has 1 aliphatic heterocycles. The number of imidazole rings is 1. The van der Waals surface area contributed by atoms with Crippen molar-refractivity contribution in [2.24, 2.45) is 7.05 Å². The molecule has 0 saturated carbocycles. The molecule has 1 saturated heterocycles. The van der Waals surface area contributed by atoms with Crippen LogP contribution in [0.3, 0.4) is 0 Å². The summed E-state index contributed by atoms with van der Waals surface area (Å²) in [4.78, 5) is 7.70. The average Bonchev–Trinajstić information content (AvgIpc) is 2.96. The molecule has 1 aromatic carbocycles. The van der Waals surface area contributed by atoms with Gasteiger partial charge in [0.15, 0.2) is 0 Å². The second-order valence-electron chi connectivity index (χ2n) is 7.23. The van der Waals surface area contributed by atoms with E-state index in [1.165, 1.54) is 0 Å². The van der Waals surface area contributed by atoms with E-state index in [2.05, 4.69) is 49.7 Å². The second-order valence-corrected chi connectivity index (χ2v) is 7.23. The topological polar surface area (TPSA) is 40.6 Å². The fourth-order valence-electron chi connectivity index (χ4n) is 2.80. The van der Waals surface area contributed by atoms with Gasteiger partial charge >= 0.3 is 7.12 Å². The Hall–Kier alpha value is -2.10. The van der Waals surface area contributed by atoms with Crippen LogP contribution in [-0.4, -0.2) is 27.9 Å². The molecule has 2 heterocycles. The van der Waals surface area contributed by atoms with Crippen LogP contribution < -0.4 is 0 Å². The summed E-state index contributed by atoms with van der Waals surface area (Å²) in [6, 6.07) is 8.17. The summed E-state index contributed by atoms with van der Waals surface area (Å²) in [7, 11) is 1.66. The van der Waals surface area contributed by atoms with E-state index in [4.69, 9.17) is 15.9 Å². The van der Waals surface area contributed by atoms with Crippen molar-refractivity contribution in [3.8, 4) is 11.4 Å². The van der Waals surface area contributed by atoms with Crippen LogP contribution in [-0.2, 0) is 22.7 Å². The lowest BCUT2D eigenvalue weighted by molar-refractivity contribution is 0.00578. The zero-order chi connectivity index (χ0) is 17.5. The standard InChI is InChI=1S/C18H22BN3O2/c1-17(2)18(3,4)24-19(23-17)11-13-7-9-14(10-8-13)16-21-15(20-5)12-22(16)6/h7-10,12H,11H2,1-4,6H3. The van der Waals surface area contributed by atoms with Crippen LogP contribution in [0, 0.1) is 6.57 Å². The molecule has 0 spiro atoms. The largest absolute Gasteiger partial charge is 0.462 e. The molecule has 0 atom stereocenters. The Morgan fingerprint density at radius 3 is 2.21 bits per heavy atom. The van der Waals surface area contributed by atoms with Gasteiger partial charge in [-0.25, -0.2) is 0 Å². The van der Waals surface area contributed by atoms with Crippen molar-refractivity contribution in [2.45, 2.75) is 45.2 Å². The van der Waals surface area contributed by atoms with Gasteiger partial charge < -0.3 is 18.7 Å². The van der Waals surface area contributed by atoms with Gasteiger partial charge in [-0.1, -0.05) is 18.7 Å². The molecule has 3 rings (SSSR count). The quantitative estimate of drug-likeness (QED) is 0.637. The van der Waals surface area contributed by atoms with E-state index in [0.717, 1.165) is 17.0 Å². The first-order valence-electron chi connectivity index (χ1n) is 8.07. The summed E-state index contributed by atoms with van der Waals surface area (Å²) in [6.45, 7) is 15.3. The molecule has 1 aromatic heterocycles. The Balaban J connectivity index is 1.74. The van der Waals surface area contributed by atoms with Gasteiger partial charge in [0.05, 0.1) is 11.2 Å². The summed E-state index contributed by atoms with van der Waals surface area (Å²) in [5, 5.41) is 0. The lowest BCUT2D eigenvalue weighted by Gasteiger charge is -2.32. The molecule has 0 unspecified atom stereocenters. The highest BCUT2D eigenvalue weighted by atomic mass is 16.7. The highest BCUT2D eigenvalue weighted by Crippen LogP contribution is 2.37. The monoisotopic (exact) mass is 323 g/mol. The maximum absolute atomic E-state index is 7.06.